The molecule has 0 unspecified atom stereocenters. The van der Waals surface area contributed by atoms with Crippen LogP contribution in [-0.2, 0) is 6.61 Å². The zero-order valence-corrected chi connectivity index (χ0v) is 13.8. The smallest absolute Gasteiger partial charge is 0.234 e. The molecular weight excluding hydrogens is 331 g/mol. The van der Waals surface area contributed by atoms with Gasteiger partial charge in [-0.25, -0.2) is 0 Å². The van der Waals surface area contributed by atoms with E-state index >= 15 is 0 Å². The monoisotopic (exact) mass is 344 g/mol. The molecule has 0 aliphatic heterocycles. The second kappa shape index (κ2) is 7.74. The van der Waals surface area contributed by atoms with Gasteiger partial charge in [-0.1, -0.05) is 53.9 Å². The van der Waals surface area contributed by atoms with E-state index in [4.69, 9.17) is 39.5 Å². The SMILES string of the molecule is CCCNc1nc(OCc2ccc(Cl)cc2)c(Cl)cc1Cl. The zero-order chi connectivity index (χ0) is 15.2. The molecule has 0 bridgehead atoms. The van der Waals surface area contributed by atoms with Gasteiger partial charge in [0, 0.05) is 11.6 Å². The fourth-order valence-electron chi connectivity index (χ4n) is 1.65. The van der Waals surface area contributed by atoms with Crippen LogP contribution in [0.15, 0.2) is 30.3 Å². The molecule has 1 heterocycles. The summed E-state index contributed by atoms with van der Waals surface area (Å²) in [6.45, 7) is 3.21. The van der Waals surface area contributed by atoms with Crippen molar-refractivity contribution in [1.29, 1.82) is 0 Å². The number of benzene rings is 1. The van der Waals surface area contributed by atoms with Crippen molar-refractivity contribution in [3.05, 3.63) is 51.0 Å². The van der Waals surface area contributed by atoms with Crippen LogP contribution in [0.3, 0.4) is 0 Å². The first-order chi connectivity index (χ1) is 10.1. The van der Waals surface area contributed by atoms with Gasteiger partial charge in [-0.2, -0.15) is 4.98 Å². The molecule has 0 aliphatic rings. The van der Waals surface area contributed by atoms with Crippen molar-refractivity contribution in [2.75, 3.05) is 11.9 Å². The van der Waals surface area contributed by atoms with Crippen molar-refractivity contribution in [1.82, 2.24) is 4.98 Å². The lowest BCUT2D eigenvalue weighted by molar-refractivity contribution is 0.294. The molecule has 1 aromatic heterocycles. The van der Waals surface area contributed by atoms with Crippen molar-refractivity contribution in [2.45, 2.75) is 20.0 Å². The Bertz CT molecular complexity index is 603. The topological polar surface area (TPSA) is 34.2 Å². The van der Waals surface area contributed by atoms with Crippen LogP contribution in [0, 0.1) is 0 Å². The number of aromatic nitrogens is 1. The molecule has 1 aromatic carbocycles. The fourth-order valence-corrected chi connectivity index (χ4v) is 2.26. The minimum Gasteiger partial charge on any atom is -0.472 e. The molecule has 0 atom stereocenters. The molecule has 21 heavy (non-hydrogen) atoms. The molecular formula is C15H15Cl3N2O. The van der Waals surface area contributed by atoms with E-state index in [0.717, 1.165) is 18.5 Å². The molecule has 6 heteroatoms. The predicted octanol–water partition coefficient (Wildman–Crippen LogP) is 5.44. The van der Waals surface area contributed by atoms with E-state index in [0.29, 0.717) is 33.4 Å². The number of nitrogens with zero attached hydrogens (tertiary/aromatic N) is 1. The minimum absolute atomic E-state index is 0.356. The zero-order valence-electron chi connectivity index (χ0n) is 11.5. The molecule has 0 saturated heterocycles. The van der Waals surface area contributed by atoms with Gasteiger partial charge in [0.05, 0.1) is 5.02 Å². The van der Waals surface area contributed by atoms with Crippen LogP contribution < -0.4 is 10.1 Å². The summed E-state index contributed by atoms with van der Waals surface area (Å²) in [5, 5.41) is 4.69. The highest BCUT2D eigenvalue weighted by atomic mass is 35.5. The number of ether oxygens (including phenoxy) is 1. The Balaban J connectivity index is 2.09. The molecule has 0 spiro atoms. The van der Waals surface area contributed by atoms with Gasteiger partial charge < -0.3 is 10.1 Å². The number of hydrogen-bond acceptors (Lipinski definition) is 3. The lowest BCUT2D eigenvalue weighted by Crippen LogP contribution is -2.05. The van der Waals surface area contributed by atoms with E-state index in [1.807, 2.05) is 24.3 Å². The van der Waals surface area contributed by atoms with Crippen LogP contribution in [-0.4, -0.2) is 11.5 Å². The summed E-state index contributed by atoms with van der Waals surface area (Å²) in [6.07, 6.45) is 0.974. The summed E-state index contributed by atoms with van der Waals surface area (Å²) >= 11 is 18.0. The molecule has 0 aliphatic carbocycles. The van der Waals surface area contributed by atoms with E-state index in [-0.39, 0.29) is 0 Å². The third-order valence-electron chi connectivity index (χ3n) is 2.73. The Hall–Kier alpha value is -1.16. The molecule has 2 rings (SSSR count). The van der Waals surface area contributed by atoms with Gasteiger partial charge in [-0.3, -0.25) is 0 Å². The Kier molecular flexibility index (Phi) is 5.97. The largest absolute Gasteiger partial charge is 0.472 e. The molecule has 1 N–H and O–H groups in total. The minimum atomic E-state index is 0.356. The third-order valence-corrected chi connectivity index (χ3v) is 3.54. The standard InChI is InChI=1S/C15H15Cl3N2O/c1-2-7-19-14-12(17)8-13(18)15(20-14)21-9-10-3-5-11(16)6-4-10/h3-6,8H,2,7,9H2,1H3,(H,19,20). The van der Waals surface area contributed by atoms with E-state index in [1.54, 1.807) is 6.07 Å². The van der Waals surface area contributed by atoms with Gasteiger partial charge in [-0.05, 0) is 30.2 Å². The Morgan fingerprint density at radius 2 is 1.81 bits per heavy atom. The summed E-state index contributed by atoms with van der Waals surface area (Å²) in [6, 6.07) is 9.03. The number of hydrogen-bond donors (Lipinski definition) is 1. The van der Waals surface area contributed by atoms with Gasteiger partial charge in [0.2, 0.25) is 5.88 Å². The Morgan fingerprint density at radius 3 is 2.48 bits per heavy atom. The molecule has 0 radical (unpaired) electrons. The highest BCUT2D eigenvalue weighted by Gasteiger charge is 2.10. The van der Waals surface area contributed by atoms with Crippen LogP contribution >= 0.6 is 34.8 Å². The van der Waals surface area contributed by atoms with Crippen LogP contribution in [0.1, 0.15) is 18.9 Å². The molecule has 3 nitrogen and oxygen atoms in total. The van der Waals surface area contributed by atoms with Crippen molar-refractivity contribution >= 4 is 40.6 Å². The summed E-state index contributed by atoms with van der Waals surface area (Å²) in [4.78, 5) is 4.32. The summed E-state index contributed by atoms with van der Waals surface area (Å²) in [5.41, 5.74) is 0.982. The second-order valence-electron chi connectivity index (χ2n) is 4.45. The average Bonchev–Trinajstić information content (AvgIpc) is 2.47. The average molecular weight is 346 g/mol. The van der Waals surface area contributed by atoms with Crippen LogP contribution in [0.25, 0.3) is 0 Å². The van der Waals surface area contributed by atoms with Gasteiger partial charge in [0.1, 0.15) is 17.4 Å². The first-order valence-electron chi connectivity index (χ1n) is 6.57. The van der Waals surface area contributed by atoms with Gasteiger partial charge in [0.15, 0.2) is 0 Å². The molecule has 112 valence electrons. The normalized spacial score (nSPS) is 10.5. The lowest BCUT2D eigenvalue weighted by Gasteiger charge is -2.11. The van der Waals surface area contributed by atoms with Gasteiger partial charge in [-0.15, -0.1) is 0 Å². The highest BCUT2D eigenvalue weighted by molar-refractivity contribution is 6.36. The quantitative estimate of drug-likeness (QED) is 0.756. The maximum Gasteiger partial charge on any atom is 0.234 e. The highest BCUT2D eigenvalue weighted by Crippen LogP contribution is 2.31. The first-order valence-corrected chi connectivity index (χ1v) is 7.70. The summed E-state index contributed by atoms with van der Waals surface area (Å²) in [7, 11) is 0. The number of nitrogens with one attached hydrogen (secondary N) is 1. The van der Waals surface area contributed by atoms with E-state index in [2.05, 4.69) is 17.2 Å². The van der Waals surface area contributed by atoms with Crippen molar-refractivity contribution in [3.63, 3.8) is 0 Å². The fraction of sp³-hybridized carbons (Fsp3) is 0.267. The summed E-state index contributed by atoms with van der Waals surface area (Å²) < 4.78 is 5.65. The van der Waals surface area contributed by atoms with E-state index < -0.39 is 0 Å². The van der Waals surface area contributed by atoms with E-state index in [1.165, 1.54) is 0 Å². The maximum absolute atomic E-state index is 6.11. The number of pyridine rings is 1. The van der Waals surface area contributed by atoms with Crippen molar-refractivity contribution in [2.24, 2.45) is 0 Å². The number of halogens is 3. The molecule has 2 aromatic rings. The first kappa shape index (κ1) is 16.2. The van der Waals surface area contributed by atoms with Gasteiger partial charge >= 0.3 is 0 Å². The van der Waals surface area contributed by atoms with Crippen molar-refractivity contribution in [3.8, 4) is 5.88 Å². The molecule has 0 amide bonds. The van der Waals surface area contributed by atoms with Crippen LogP contribution in [0.5, 0.6) is 5.88 Å². The molecule has 0 saturated carbocycles. The van der Waals surface area contributed by atoms with Crippen molar-refractivity contribution < 1.29 is 4.74 Å². The molecule has 0 fully saturated rings. The predicted molar refractivity (Wildman–Crippen MR) is 88.8 cm³/mol. The number of anilines is 1. The van der Waals surface area contributed by atoms with Crippen LogP contribution in [0.4, 0.5) is 5.82 Å². The Morgan fingerprint density at radius 1 is 1.10 bits per heavy atom. The number of rotatable bonds is 6. The third kappa shape index (κ3) is 4.67. The van der Waals surface area contributed by atoms with E-state index in [9.17, 15) is 0 Å². The lowest BCUT2D eigenvalue weighted by atomic mass is 10.2. The Labute approximate surface area is 139 Å². The maximum atomic E-state index is 6.11. The summed E-state index contributed by atoms with van der Waals surface area (Å²) in [5.74, 6) is 0.934. The van der Waals surface area contributed by atoms with Crippen LogP contribution in [0.2, 0.25) is 15.1 Å². The van der Waals surface area contributed by atoms with Gasteiger partial charge in [0.25, 0.3) is 0 Å². The second-order valence-corrected chi connectivity index (χ2v) is 5.70.